The SMILES string of the molecule is COc1cc(Oc2nc(-c3ccc(NC(=O)CCC(=O)O)cc3)nn3c(C)nc(C)c23)cc(OC)c1C(C)O. The first-order valence-corrected chi connectivity index (χ1v) is 12.1. The Kier molecular flexibility index (Phi) is 7.96. The third-order valence-electron chi connectivity index (χ3n) is 5.94. The number of anilines is 1. The molecule has 2 heterocycles. The highest BCUT2D eigenvalue weighted by Gasteiger charge is 2.21. The van der Waals surface area contributed by atoms with E-state index in [4.69, 9.17) is 19.3 Å². The van der Waals surface area contributed by atoms with Crippen LogP contribution in [0.4, 0.5) is 5.69 Å². The number of nitrogens with zero attached hydrogens (tertiary/aromatic N) is 4. The average Bonchev–Trinajstić information content (AvgIpc) is 3.20. The minimum Gasteiger partial charge on any atom is -0.496 e. The summed E-state index contributed by atoms with van der Waals surface area (Å²) in [4.78, 5) is 31.8. The number of aliphatic hydroxyl groups is 1. The number of hydrogen-bond donors (Lipinski definition) is 3. The Bertz CT molecular complexity index is 1510. The number of rotatable bonds is 10. The molecule has 0 saturated heterocycles. The molecule has 0 aliphatic carbocycles. The number of carboxylic acid groups (broad SMARTS) is 1. The number of methoxy groups -OCH3 is 2. The summed E-state index contributed by atoms with van der Waals surface area (Å²) in [7, 11) is 2.99. The summed E-state index contributed by atoms with van der Waals surface area (Å²) in [6.07, 6.45) is -1.19. The summed E-state index contributed by atoms with van der Waals surface area (Å²) < 4.78 is 18.8. The molecule has 0 saturated carbocycles. The molecule has 0 aliphatic heterocycles. The minimum absolute atomic E-state index is 0.120. The van der Waals surface area contributed by atoms with Gasteiger partial charge in [0.1, 0.15) is 23.1 Å². The van der Waals surface area contributed by atoms with Gasteiger partial charge in [-0.05, 0) is 45.0 Å². The number of amides is 1. The molecule has 12 nitrogen and oxygen atoms in total. The molecule has 2 aromatic heterocycles. The summed E-state index contributed by atoms with van der Waals surface area (Å²) in [6, 6.07) is 10.1. The second-order valence-electron chi connectivity index (χ2n) is 8.78. The number of benzene rings is 2. The first-order chi connectivity index (χ1) is 18.6. The van der Waals surface area contributed by atoms with Gasteiger partial charge in [-0.2, -0.15) is 4.98 Å². The molecule has 2 aromatic carbocycles. The number of aliphatic carboxylic acids is 1. The number of aryl methyl sites for hydroxylation is 2. The van der Waals surface area contributed by atoms with Gasteiger partial charge in [0, 0.05) is 29.8 Å². The Morgan fingerprint density at radius 2 is 1.67 bits per heavy atom. The van der Waals surface area contributed by atoms with E-state index in [1.54, 1.807) is 47.8 Å². The third kappa shape index (κ3) is 5.91. The van der Waals surface area contributed by atoms with Gasteiger partial charge in [-0.25, -0.2) is 9.50 Å². The Hall–Kier alpha value is -4.71. The van der Waals surface area contributed by atoms with Crippen molar-refractivity contribution in [1.29, 1.82) is 0 Å². The number of aromatic nitrogens is 4. The standard InChI is InChI=1S/C27H29N5O7/c1-14-25-27(39-19-12-20(37-4)24(15(2)33)21(13-19)38-5)30-26(31-32(25)16(3)28-14)17-6-8-18(9-7-17)29-22(34)10-11-23(35)36/h6-9,12-13,15,33H,10-11H2,1-5H3,(H,29,34)(H,35,36). The van der Waals surface area contributed by atoms with Crippen molar-refractivity contribution in [3.05, 3.63) is 53.5 Å². The summed E-state index contributed by atoms with van der Waals surface area (Å²) in [6.45, 7) is 5.27. The maximum atomic E-state index is 12.0. The number of ether oxygens (including phenoxy) is 3. The van der Waals surface area contributed by atoms with Crippen molar-refractivity contribution < 1.29 is 34.0 Å². The number of nitrogens with one attached hydrogen (secondary N) is 1. The van der Waals surface area contributed by atoms with Crippen LogP contribution in [0.3, 0.4) is 0 Å². The predicted molar refractivity (Wildman–Crippen MR) is 141 cm³/mol. The summed E-state index contributed by atoms with van der Waals surface area (Å²) in [5, 5.41) is 26.3. The first-order valence-electron chi connectivity index (χ1n) is 12.1. The highest BCUT2D eigenvalue weighted by molar-refractivity contribution is 5.92. The van der Waals surface area contributed by atoms with Gasteiger partial charge in [0.25, 0.3) is 0 Å². The zero-order valence-electron chi connectivity index (χ0n) is 22.2. The van der Waals surface area contributed by atoms with Gasteiger partial charge in [0.2, 0.25) is 11.8 Å². The lowest BCUT2D eigenvalue weighted by molar-refractivity contribution is -0.138. The molecule has 0 aliphatic rings. The van der Waals surface area contributed by atoms with E-state index >= 15 is 0 Å². The molecule has 4 rings (SSSR count). The van der Waals surface area contributed by atoms with Crippen molar-refractivity contribution in [3.8, 4) is 34.5 Å². The van der Waals surface area contributed by atoms with Gasteiger partial charge < -0.3 is 29.7 Å². The van der Waals surface area contributed by atoms with Crippen LogP contribution in [0.25, 0.3) is 16.9 Å². The topological polar surface area (TPSA) is 157 Å². The molecule has 3 N–H and O–H groups in total. The zero-order valence-corrected chi connectivity index (χ0v) is 22.2. The smallest absolute Gasteiger partial charge is 0.303 e. The largest absolute Gasteiger partial charge is 0.496 e. The number of aliphatic hydroxyl groups excluding tert-OH is 1. The van der Waals surface area contributed by atoms with Crippen LogP contribution >= 0.6 is 0 Å². The van der Waals surface area contributed by atoms with Crippen molar-refractivity contribution in [1.82, 2.24) is 19.6 Å². The Morgan fingerprint density at radius 1 is 1.03 bits per heavy atom. The Labute approximate surface area is 224 Å². The van der Waals surface area contributed by atoms with Gasteiger partial charge in [-0.3, -0.25) is 9.59 Å². The van der Waals surface area contributed by atoms with Crippen LogP contribution < -0.4 is 19.5 Å². The molecule has 39 heavy (non-hydrogen) atoms. The summed E-state index contributed by atoms with van der Waals surface area (Å²) in [5.74, 6) is 0.969. The quantitative estimate of drug-likeness (QED) is 0.270. The Balaban J connectivity index is 1.71. The van der Waals surface area contributed by atoms with E-state index in [0.717, 1.165) is 0 Å². The lowest BCUT2D eigenvalue weighted by Gasteiger charge is -2.17. The fourth-order valence-electron chi connectivity index (χ4n) is 4.13. The van der Waals surface area contributed by atoms with Gasteiger partial charge in [0.15, 0.2) is 11.3 Å². The van der Waals surface area contributed by atoms with E-state index in [-0.39, 0.29) is 18.7 Å². The van der Waals surface area contributed by atoms with Crippen molar-refractivity contribution in [2.75, 3.05) is 19.5 Å². The monoisotopic (exact) mass is 535 g/mol. The number of hydrogen-bond acceptors (Lipinski definition) is 9. The van der Waals surface area contributed by atoms with Crippen LogP contribution in [0, 0.1) is 13.8 Å². The van der Waals surface area contributed by atoms with Crippen LogP contribution in [-0.4, -0.2) is 55.9 Å². The fraction of sp³-hybridized carbons (Fsp3) is 0.296. The van der Waals surface area contributed by atoms with Crippen molar-refractivity contribution in [2.45, 2.75) is 39.7 Å². The Morgan fingerprint density at radius 3 is 2.23 bits per heavy atom. The van der Waals surface area contributed by atoms with Crippen LogP contribution in [0.1, 0.15) is 43.0 Å². The molecule has 0 spiro atoms. The molecule has 204 valence electrons. The molecular formula is C27H29N5O7. The minimum atomic E-state index is -1.04. The van der Waals surface area contributed by atoms with Crippen molar-refractivity contribution >= 4 is 23.1 Å². The van der Waals surface area contributed by atoms with Crippen LogP contribution in [0.15, 0.2) is 36.4 Å². The molecule has 1 amide bonds. The van der Waals surface area contributed by atoms with Crippen LogP contribution in [0.2, 0.25) is 0 Å². The normalized spacial score (nSPS) is 11.7. The van der Waals surface area contributed by atoms with Gasteiger partial charge in [-0.1, -0.05) is 0 Å². The molecule has 4 aromatic rings. The lowest BCUT2D eigenvalue weighted by atomic mass is 10.1. The second kappa shape index (κ2) is 11.4. The van der Waals surface area contributed by atoms with E-state index in [1.807, 2.05) is 13.8 Å². The number of fused-ring (bicyclic) bond motifs is 1. The maximum absolute atomic E-state index is 12.0. The first kappa shape index (κ1) is 27.3. The van der Waals surface area contributed by atoms with E-state index in [1.165, 1.54) is 14.2 Å². The van der Waals surface area contributed by atoms with E-state index in [9.17, 15) is 14.7 Å². The molecule has 0 fully saturated rings. The van der Waals surface area contributed by atoms with Gasteiger partial charge >= 0.3 is 5.97 Å². The van der Waals surface area contributed by atoms with Gasteiger partial charge in [0.05, 0.1) is 38.0 Å². The zero-order chi connectivity index (χ0) is 28.3. The fourth-order valence-corrected chi connectivity index (χ4v) is 4.13. The van der Waals surface area contributed by atoms with Gasteiger partial charge in [-0.15, -0.1) is 5.10 Å². The van der Waals surface area contributed by atoms with Crippen LogP contribution in [0.5, 0.6) is 23.1 Å². The van der Waals surface area contributed by atoms with E-state index in [2.05, 4.69) is 20.4 Å². The lowest BCUT2D eigenvalue weighted by Crippen LogP contribution is -2.13. The van der Waals surface area contributed by atoms with Crippen molar-refractivity contribution in [3.63, 3.8) is 0 Å². The molecule has 1 atom stereocenters. The summed E-state index contributed by atoms with van der Waals surface area (Å²) >= 11 is 0. The maximum Gasteiger partial charge on any atom is 0.303 e. The number of imidazole rings is 1. The average molecular weight is 536 g/mol. The highest BCUT2D eigenvalue weighted by atomic mass is 16.5. The summed E-state index contributed by atoms with van der Waals surface area (Å²) in [5.41, 5.74) is 2.91. The molecule has 12 heteroatoms. The number of carbonyl (C=O) groups excluding carboxylic acids is 1. The van der Waals surface area contributed by atoms with E-state index < -0.39 is 18.0 Å². The predicted octanol–water partition coefficient (Wildman–Crippen LogP) is 4.07. The van der Waals surface area contributed by atoms with Crippen molar-refractivity contribution in [2.24, 2.45) is 0 Å². The van der Waals surface area contributed by atoms with E-state index in [0.29, 0.717) is 56.9 Å². The third-order valence-corrected chi connectivity index (χ3v) is 5.94. The highest BCUT2D eigenvalue weighted by Crippen LogP contribution is 2.40. The molecule has 0 bridgehead atoms. The number of carbonyl (C=O) groups is 2. The number of carboxylic acids is 1. The van der Waals surface area contributed by atoms with Crippen LogP contribution in [-0.2, 0) is 9.59 Å². The molecule has 0 radical (unpaired) electrons. The molecule has 1 unspecified atom stereocenters. The molecular weight excluding hydrogens is 506 g/mol. The second-order valence-corrected chi connectivity index (χ2v) is 8.78.